The molecule has 1 fully saturated rings. The Balaban J connectivity index is 2.42. The van der Waals surface area contributed by atoms with Crippen LogP contribution in [0.2, 0.25) is 0 Å². The summed E-state index contributed by atoms with van der Waals surface area (Å²) in [6.45, 7) is 0. The fourth-order valence-electron chi connectivity index (χ4n) is 1.51. The van der Waals surface area contributed by atoms with E-state index in [1.807, 2.05) is 0 Å². The Kier molecular flexibility index (Phi) is 3.44. The van der Waals surface area contributed by atoms with Crippen LogP contribution in [0.1, 0.15) is 19.3 Å². The van der Waals surface area contributed by atoms with Gasteiger partial charge >= 0.3 is 0 Å². The van der Waals surface area contributed by atoms with Crippen molar-refractivity contribution in [1.29, 1.82) is 0 Å². The van der Waals surface area contributed by atoms with Crippen LogP contribution in [-0.2, 0) is 21.2 Å². The third-order valence-corrected chi connectivity index (χ3v) is 4.34. The summed E-state index contributed by atoms with van der Waals surface area (Å²) in [5.74, 6) is -0.218. The molecule has 3 atom stereocenters. The van der Waals surface area contributed by atoms with Gasteiger partial charge in [0.2, 0.25) is 0 Å². The lowest BCUT2D eigenvalue weighted by Crippen LogP contribution is -2.39. The van der Waals surface area contributed by atoms with Crippen molar-refractivity contribution in [3.05, 3.63) is 0 Å². The molecular formula is C6H11O5S2-. The Morgan fingerprint density at radius 1 is 1.46 bits per heavy atom. The van der Waals surface area contributed by atoms with Crippen molar-refractivity contribution in [3.63, 3.8) is 0 Å². The molecule has 0 aromatic carbocycles. The Morgan fingerprint density at radius 2 is 2.08 bits per heavy atom. The van der Waals surface area contributed by atoms with Crippen LogP contribution in [0.15, 0.2) is 0 Å². The van der Waals surface area contributed by atoms with Crippen molar-refractivity contribution >= 4 is 21.2 Å². The van der Waals surface area contributed by atoms with E-state index in [-0.39, 0.29) is 11.7 Å². The van der Waals surface area contributed by atoms with Gasteiger partial charge in [-0.1, -0.05) is 11.1 Å². The highest BCUT2D eigenvalue weighted by Gasteiger charge is 2.39. The molecule has 7 heteroatoms. The molecule has 0 heterocycles. The minimum absolute atomic E-state index is 0.0311. The Morgan fingerprint density at radius 3 is 2.38 bits per heavy atom. The molecule has 0 aromatic heterocycles. The quantitative estimate of drug-likeness (QED) is 0.535. The normalized spacial score (nSPS) is 30.9. The van der Waals surface area contributed by atoms with Gasteiger partial charge in [0.15, 0.2) is 0 Å². The van der Waals surface area contributed by atoms with Gasteiger partial charge in [0.05, 0.1) is 5.25 Å². The van der Waals surface area contributed by atoms with Gasteiger partial charge in [-0.05, 0) is 25.2 Å². The predicted octanol–water partition coefficient (Wildman–Crippen LogP) is -0.0780. The highest BCUT2D eigenvalue weighted by molar-refractivity contribution is 7.86. The highest BCUT2D eigenvalue weighted by Crippen LogP contribution is 2.35. The van der Waals surface area contributed by atoms with Crippen molar-refractivity contribution in [3.8, 4) is 0 Å². The standard InChI is InChI=1S/C6H12O5S2/c7-12(8)4-3-5-1-2-6(5)13(9,10)11/h5-6H,1-4H2,(H,7,8)(H,9,10,11)/p-1. The van der Waals surface area contributed by atoms with Gasteiger partial charge in [-0.25, -0.2) is 0 Å². The highest BCUT2D eigenvalue weighted by atomic mass is 32.2. The third-order valence-electron chi connectivity index (χ3n) is 2.39. The van der Waals surface area contributed by atoms with Crippen molar-refractivity contribution in [2.24, 2.45) is 5.92 Å². The van der Waals surface area contributed by atoms with Gasteiger partial charge in [0.25, 0.3) is 10.1 Å². The predicted molar refractivity (Wildman–Crippen MR) is 46.5 cm³/mol. The molecule has 1 saturated carbocycles. The fraction of sp³-hybridized carbons (Fsp3) is 1.00. The first kappa shape index (κ1) is 11.1. The fourth-order valence-corrected chi connectivity index (χ4v) is 3.20. The van der Waals surface area contributed by atoms with E-state index in [0.29, 0.717) is 19.3 Å². The van der Waals surface area contributed by atoms with Gasteiger partial charge < -0.3 is 4.55 Å². The summed E-state index contributed by atoms with van der Waals surface area (Å²) in [7, 11) is -3.96. The SMILES string of the molecule is O=S([O-])CCC1CCC1S(=O)(=O)O. The molecule has 1 rings (SSSR count). The molecular weight excluding hydrogens is 216 g/mol. The molecule has 13 heavy (non-hydrogen) atoms. The van der Waals surface area contributed by atoms with Crippen LogP contribution in [0.4, 0.5) is 0 Å². The Labute approximate surface area is 79.6 Å². The molecule has 5 nitrogen and oxygen atoms in total. The zero-order valence-electron chi connectivity index (χ0n) is 6.88. The lowest BCUT2D eigenvalue weighted by Gasteiger charge is -2.34. The summed E-state index contributed by atoms with van der Waals surface area (Å²) in [5, 5.41) is -0.740. The minimum Gasteiger partial charge on any atom is -0.772 e. The molecule has 0 radical (unpaired) electrons. The second kappa shape index (κ2) is 4.04. The smallest absolute Gasteiger partial charge is 0.268 e. The van der Waals surface area contributed by atoms with E-state index in [9.17, 15) is 17.2 Å². The summed E-state index contributed by atoms with van der Waals surface area (Å²) in [6.07, 6.45) is 1.44. The lowest BCUT2D eigenvalue weighted by molar-refractivity contribution is 0.289. The molecule has 0 amide bonds. The van der Waals surface area contributed by atoms with E-state index in [0.717, 1.165) is 0 Å². The molecule has 0 aromatic rings. The molecule has 0 saturated heterocycles. The van der Waals surface area contributed by atoms with E-state index in [4.69, 9.17) is 4.55 Å². The summed E-state index contributed by atoms with van der Waals surface area (Å²) in [6, 6.07) is 0. The van der Waals surface area contributed by atoms with E-state index in [1.54, 1.807) is 0 Å². The second-order valence-corrected chi connectivity index (χ2v) is 5.84. The van der Waals surface area contributed by atoms with Gasteiger partial charge in [0.1, 0.15) is 0 Å². The van der Waals surface area contributed by atoms with Gasteiger partial charge in [0, 0.05) is 5.75 Å². The van der Waals surface area contributed by atoms with Gasteiger partial charge in [-0.15, -0.1) is 0 Å². The van der Waals surface area contributed by atoms with Crippen LogP contribution in [0.25, 0.3) is 0 Å². The molecule has 78 valence electrons. The third kappa shape index (κ3) is 3.01. The maximum atomic E-state index is 10.7. The first-order valence-electron chi connectivity index (χ1n) is 3.93. The topological polar surface area (TPSA) is 94.5 Å². The van der Waals surface area contributed by atoms with Crippen molar-refractivity contribution in [2.75, 3.05) is 5.75 Å². The largest absolute Gasteiger partial charge is 0.772 e. The second-order valence-electron chi connectivity index (χ2n) is 3.19. The summed E-state index contributed by atoms with van der Waals surface area (Å²) in [5.41, 5.74) is 0. The Bertz CT molecular complexity index is 296. The average molecular weight is 227 g/mol. The number of hydrogen-bond donors (Lipinski definition) is 1. The molecule has 0 bridgehead atoms. The maximum absolute atomic E-state index is 10.7. The molecule has 0 spiro atoms. The number of rotatable bonds is 4. The van der Waals surface area contributed by atoms with Crippen molar-refractivity contribution < 1.29 is 21.7 Å². The van der Waals surface area contributed by atoms with E-state index in [1.165, 1.54) is 0 Å². The van der Waals surface area contributed by atoms with Crippen LogP contribution in [0, 0.1) is 5.92 Å². The molecule has 1 N–H and O–H groups in total. The zero-order valence-corrected chi connectivity index (χ0v) is 8.51. The number of hydrogen-bond acceptors (Lipinski definition) is 4. The molecule has 0 aliphatic heterocycles. The molecule has 1 aliphatic carbocycles. The first-order valence-corrected chi connectivity index (χ1v) is 6.68. The summed E-state index contributed by atoms with van der Waals surface area (Å²) >= 11 is -2.12. The van der Waals surface area contributed by atoms with Crippen molar-refractivity contribution in [2.45, 2.75) is 24.5 Å². The first-order chi connectivity index (χ1) is 5.91. The lowest BCUT2D eigenvalue weighted by atomic mass is 9.83. The van der Waals surface area contributed by atoms with E-state index >= 15 is 0 Å². The van der Waals surface area contributed by atoms with Crippen LogP contribution in [-0.4, -0.2) is 32.7 Å². The summed E-state index contributed by atoms with van der Waals surface area (Å²) in [4.78, 5) is 0. The van der Waals surface area contributed by atoms with Crippen LogP contribution in [0.3, 0.4) is 0 Å². The summed E-state index contributed by atoms with van der Waals surface area (Å²) < 4.78 is 50.4. The minimum atomic E-state index is -3.96. The average Bonchev–Trinajstić information content (AvgIpc) is 1.79. The van der Waals surface area contributed by atoms with Crippen LogP contribution < -0.4 is 0 Å². The van der Waals surface area contributed by atoms with Gasteiger partial charge in [-0.3, -0.25) is 8.76 Å². The maximum Gasteiger partial charge on any atom is 0.268 e. The van der Waals surface area contributed by atoms with Crippen LogP contribution >= 0.6 is 0 Å². The van der Waals surface area contributed by atoms with E-state index < -0.39 is 26.4 Å². The van der Waals surface area contributed by atoms with Gasteiger partial charge in [-0.2, -0.15) is 8.42 Å². The molecule has 3 unspecified atom stereocenters. The molecule has 1 aliphatic rings. The van der Waals surface area contributed by atoms with Crippen LogP contribution in [0.5, 0.6) is 0 Å². The Hall–Kier alpha value is 0.0200. The zero-order chi connectivity index (χ0) is 10.1. The van der Waals surface area contributed by atoms with Crippen molar-refractivity contribution in [1.82, 2.24) is 0 Å². The van der Waals surface area contributed by atoms with E-state index in [2.05, 4.69) is 0 Å². The monoisotopic (exact) mass is 227 g/mol.